The highest BCUT2D eigenvalue weighted by Gasteiger charge is 2.32. The molecule has 4 N–H and O–H groups in total. The summed E-state index contributed by atoms with van der Waals surface area (Å²) in [6.07, 6.45) is -6.34. The fourth-order valence-corrected chi connectivity index (χ4v) is 3.27. The lowest BCUT2D eigenvalue weighted by molar-refractivity contribution is -0.137. The van der Waals surface area contributed by atoms with Crippen molar-refractivity contribution in [3.05, 3.63) is 94.6 Å². The molecule has 0 saturated carbocycles. The third-order valence-electron chi connectivity index (χ3n) is 5.05. The van der Waals surface area contributed by atoms with Gasteiger partial charge in [-0.05, 0) is 42.8 Å². The molecule has 0 bridgehead atoms. The number of ether oxygens (including phenoxy) is 2. The van der Waals surface area contributed by atoms with Crippen LogP contribution in [0.2, 0.25) is 0 Å². The molecule has 3 rings (SSSR count). The number of carbonyl (C=O) groups is 1. The van der Waals surface area contributed by atoms with Gasteiger partial charge in [-0.2, -0.15) is 13.2 Å². The molecule has 0 spiro atoms. The smallest absolute Gasteiger partial charge is 0.416 e. The summed E-state index contributed by atoms with van der Waals surface area (Å²) in [6, 6.07) is 11.9. The minimum atomic E-state index is -4.64. The Kier molecular flexibility index (Phi) is 9.98. The van der Waals surface area contributed by atoms with Crippen molar-refractivity contribution in [2.45, 2.75) is 25.7 Å². The number of nitrogens with one attached hydrogen (secondary N) is 2. The van der Waals surface area contributed by atoms with Crippen LogP contribution in [0.3, 0.4) is 0 Å². The Morgan fingerprint density at radius 3 is 2.35 bits per heavy atom. The zero-order valence-corrected chi connectivity index (χ0v) is 20.2. The number of benzene rings is 3. The van der Waals surface area contributed by atoms with Crippen molar-refractivity contribution >= 4 is 24.1 Å². The molecule has 0 aliphatic rings. The van der Waals surface area contributed by atoms with E-state index < -0.39 is 46.7 Å². The maximum absolute atomic E-state index is 15.3. The van der Waals surface area contributed by atoms with Crippen molar-refractivity contribution in [3.8, 4) is 11.5 Å². The second kappa shape index (κ2) is 12.5. The molecule has 1 unspecified atom stereocenters. The number of hydrogen-bond acceptors (Lipinski definition) is 4. The van der Waals surface area contributed by atoms with Crippen LogP contribution in [0.15, 0.2) is 60.7 Å². The third-order valence-corrected chi connectivity index (χ3v) is 5.05. The van der Waals surface area contributed by atoms with Crippen LogP contribution >= 0.6 is 12.4 Å². The number of hydrogen-bond donors (Lipinski definition) is 3. The second-order valence-corrected chi connectivity index (χ2v) is 7.56. The summed E-state index contributed by atoms with van der Waals surface area (Å²) in [6.45, 7) is 1.45. The van der Waals surface area contributed by atoms with Crippen LogP contribution in [-0.4, -0.2) is 18.3 Å². The topological polar surface area (TPSA) is 97.4 Å². The quantitative estimate of drug-likeness (QED) is 0.178. The predicted octanol–water partition coefficient (Wildman–Crippen LogP) is 5.88. The maximum atomic E-state index is 15.3. The average molecular weight is 544 g/mol. The van der Waals surface area contributed by atoms with Gasteiger partial charge in [-0.1, -0.05) is 30.3 Å². The molecule has 198 valence electrons. The number of halogens is 6. The van der Waals surface area contributed by atoms with E-state index in [0.717, 1.165) is 24.3 Å². The lowest BCUT2D eigenvalue weighted by Crippen LogP contribution is -2.31. The van der Waals surface area contributed by atoms with Gasteiger partial charge in [-0.15, -0.1) is 12.4 Å². The highest BCUT2D eigenvalue weighted by Crippen LogP contribution is 2.35. The molecule has 6 nitrogen and oxygen atoms in total. The molecule has 1 atom stereocenters. The van der Waals surface area contributed by atoms with Crippen LogP contribution in [0.1, 0.15) is 35.3 Å². The molecule has 12 heteroatoms. The number of rotatable bonds is 9. The molecular weight excluding hydrogens is 521 g/mol. The molecule has 0 heterocycles. The van der Waals surface area contributed by atoms with Gasteiger partial charge in [-0.3, -0.25) is 10.2 Å². The van der Waals surface area contributed by atoms with Gasteiger partial charge in [0, 0.05) is 18.7 Å². The van der Waals surface area contributed by atoms with Gasteiger partial charge in [0.05, 0.1) is 11.1 Å². The highest BCUT2D eigenvalue weighted by molar-refractivity contribution is 5.94. The number of alkyl halides is 3. The van der Waals surface area contributed by atoms with E-state index in [1.54, 1.807) is 24.3 Å². The summed E-state index contributed by atoms with van der Waals surface area (Å²) in [5, 5.41) is 9.93. The van der Waals surface area contributed by atoms with Crippen LogP contribution < -0.4 is 15.8 Å². The van der Waals surface area contributed by atoms with E-state index in [4.69, 9.17) is 20.6 Å². The normalized spacial score (nSPS) is 11.8. The largest absolute Gasteiger partial charge is 0.454 e. The number of nitrogen functional groups attached to an aromatic ring is 1. The summed E-state index contributed by atoms with van der Waals surface area (Å²) in [4.78, 5) is 12.8. The van der Waals surface area contributed by atoms with Gasteiger partial charge in [0.2, 0.25) is 0 Å². The van der Waals surface area contributed by atoms with Crippen LogP contribution in [0.25, 0.3) is 0 Å². The van der Waals surface area contributed by atoms with E-state index >= 15 is 4.39 Å². The van der Waals surface area contributed by atoms with Gasteiger partial charge in [0.25, 0.3) is 5.91 Å². The number of amidine groups is 1. The standard InChI is InChI=1S/C25H22F5N3O3.ClH/c1-2-35-22(24(34)33-13-14-6-8-15(9-7-14)23(31)32)20-18(26)10-11-19(21(20)27)36-17-5-3-4-16(12-17)25(28,29)30;/h3-12,22H,2,13H2,1H3,(H3,31,32)(H,33,34);1H. The summed E-state index contributed by atoms with van der Waals surface area (Å²) < 4.78 is 79.5. The van der Waals surface area contributed by atoms with Gasteiger partial charge >= 0.3 is 6.18 Å². The third kappa shape index (κ3) is 7.40. The zero-order valence-electron chi connectivity index (χ0n) is 19.4. The van der Waals surface area contributed by atoms with Crippen molar-refractivity contribution in [1.82, 2.24) is 5.32 Å². The molecule has 0 aromatic heterocycles. The van der Waals surface area contributed by atoms with Gasteiger partial charge in [-0.25, -0.2) is 8.78 Å². The molecule has 0 fully saturated rings. The van der Waals surface area contributed by atoms with E-state index in [0.29, 0.717) is 17.2 Å². The molecule has 3 aromatic rings. The Morgan fingerprint density at radius 2 is 1.76 bits per heavy atom. The van der Waals surface area contributed by atoms with Crippen molar-refractivity contribution < 1.29 is 36.2 Å². The highest BCUT2D eigenvalue weighted by atomic mass is 35.5. The van der Waals surface area contributed by atoms with Crippen molar-refractivity contribution in [3.63, 3.8) is 0 Å². The van der Waals surface area contributed by atoms with Gasteiger partial charge in [0.1, 0.15) is 17.4 Å². The molecule has 0 saturated heterocycles. The Balaban J connectivity index is 0.00000481. The lowest BCUT2D eigenvalue weighted by Gasteiger charge is -2.20. The van der Waals surface area contributed by atoms with Gasteiger partial charge in [0.15, 0.2) is 17.7 Å². The van der Waals surface area contributed by atoms with Crippen LogP contribution in [-0.2, 0) is 22.3 Å². The minimum Gasteiger partial charge on any atom is -0.454 e. The number of amides is 1. The molecule has 0 aliphatic carbocycles. The summed E-state index contributed by atoms with van der Waals surface area (Å²) in [5.41, 5.74) is 4.77. The molecule has 0 radical (unpaired) electrons. The summed E-state index contributed by atoms with van der Waals surface area (Å²) in [7, 11) is 0. The molecular formula is C25H23ClF5N3O3. The predicted molar refractivity (Wildman–Crippen MR) is 129 cm³/mol. The Labute approximate surface area is 215 Å². The first-order valence-corrected chi connectivity index (χ1v) is 10.7. The second-order valence-electron chi connectivity index (χ2n) is 7.56. The van der Waals surface area contributed by atoms with Gasteiger partial charge < -0.3 is 20.5 Å². The molecule has 37 heavy (non-hydrogen) atoms. The Morgan fingerprint density at radius 1 is 1.08 bits per heavy atom. The molecule has 0 aliphatic heterocycles. The SMILES string of the molecule is CCOC(C(=O)NCc1ccc(C(=N)N)cc1)c1c(F)ccc(Oc2cccc(C(F)(F)F)c2)c1F.Cl. The number of nitrogens with two attached hydrogens (primary N) is 1. The molecule has 3 aromatic carbocycles. The first-order valence-electron chi connectivity index (χ1n) is 10.7. The first kappa shape index (κ1) is 29.5. The maximum Gasteiger partial charge on any atom is 0.416 e. The van der Waals surface area contributed by atoms with E-state index in [1.165, 1.54) is 13.0 Å². The minimum absolute atomic E-state index is 0. The van der Waals surface area contributed by atoms with Crippen molar-refractivity contribution in [2.75, 3.05) is 6.61 Å². The Bertz CT molecular complexity index is 1250. The van der Waals surface area contributed by atoms with E-state index in [2.05, 4.69) is 5.32 Å². The fraction of sp³-hybridized carbons (Fsp3) is 0.200. The van der Waals surface area contributed by atoms with E-state index in [9.17, 15) is 22.4 Å². The molecule has 1 amide bonds. The monoisotopic (exact) mass is 543 g/mol. The Hall–Kier alpha value is -3.70. The van der Waals surface area contributed by atoms with Crippen LogP contribution in [0, 0.1) is 17.0 Å². The van der Waals surface area contributed by atoms with Crippen LogP contribution in [0.5, 0.6) is 11.5 Å². The summed E-state index contributed by atoms with van der Waals surface area (Å²) >= 11 is 0. The fourth-order valence-electron chi connectivity index (χ4n) is 3.27. The first-order chi connectivity index (χ1) is 17.0. The van der Waals surface area contributed by atoms with Crippen molar-refractivity contribution in [2.24, 2.45) is 5.73 Å². The number of carbonyl (C=O) groups excluding carboxylic acids is 1. The lowest BCUT2D eigenvalue weighted by atomic mass is 10.1. The van der Waals surface area contributed by atoms with E-state index in [-0.39, 0.29) is 37.1 Å². The van der Waals surface area contributed by atoms with E-state index in [1.807, 2.05) is 0 Å². The zero-order chi connectivity index (χ0) is 26.5. The summed E-state index contributed by atoms with van der Waals surface area (Å²) in [5.74, 6) is -4.26. The average Bonchev–Trinajstić information content (AvgIpc) is 2.83. The van der Waals surface area contributed by atoms with Crippen LogP contribution in [0.4, 0.5) is 22.0 Å². The van der Waals surface area contributed by atoms with Crippen molar-refractivity contribution in [1.29, 1.82) is 5.41 Å².